The number of carbonyl (C=O) groups excluding carboxylic acids is 1. The van der Waals surface area contributed by atoms with Crippen molar-refractivity contribution in [3.05, 3.63) is 42.0 Å². The molecule has 2 rings (SSSR count). The third-order valence-electron chi connectivity index (χ3n) is 1.95. The zero-order valence-corrected chi connectivity index (χ0v) is 8.07. The second-order valence-corrected chi connectivity index (χ2v) is 3.11. The smallest absolute Gasteiger partial charge is 0.258 e. The zero-order chi connectivity index (χ0) is 11.5. The fourth-order valence-corrected chi connectivity index (χ4v) is 1.21. The number of benzene rings is 1. The SMILES string of the molecule is O=C(Nc1cn[nH]c1)c1ccc(O)cc1F. The lowest BCUT2D eigenvalue weighted by molar-refractivity contribution is 0.102. The van der Waals surface area contributed by atoms with Gasteiger partial charge >= 0.3 is 0 Å². The summed E-state index contributed by atoms with van der Waals surface area (Å²) in [4.78, 5) is 11.6. The molecule has 0 spiro atoms. The minimum absolute atomic E-state index is 0.140. The largest absolute Gasteiger partial charge is 0.508 e. The molecule has 0 aliphatic heterocycles. The highest BCUT2D eigenvalue weighted by Gasteiger charge is 2.12. The van der Waals surface area contributed by atoms with Gasteiger partial charge in [0.25, 0.3) is 5.91 Å². The van der Waals surface area contributed by atoms with Crippen molar-refractivity contribution < 1.29 is 14.3 Å². The Morgan fingerprint density at radius 2 is 2.31 bits per heavy atom. The van der Waals surface area contributed by atoms with E-state index in [1.807, 2.05) is 0 Å². The zero-order valence-electron chi connectivity index (χ0n) is 8.07. The molecule has 0 saturated heterocycles. The number of carbonyl (C=O) groups is 1. The molecule has 0 aliphatic carbocycles. The van der Waals surface area contributed by atoms with Crippen molar-refractivity contribution in [1.29, 1.82) is 0 Å². The number of hydrogen-bond donors (Lipinski definition) is 3. The third-order valence-corrected chi connectivity index (χ3v) is 1.95. The molecule has 1 heterocycles. The number of nitrogens with one attached hydrogen (secondary N) is 2. The predicted octanol–water partition coefficient (Wildman–Crippen LogP) is 1.51. The van der Waals surface area contributed by atoms with E-state index >= 15 is 0 Å². The summed E-state index contributed by atoms with van der Waals surface area (Å²) >= 11 is 0. The van der Waals surface area contributed by atoms with Gasteiger partial charge in [0.1, 0.15) is 11.6 Å². The standard InChI is InChI=1S/C10H8FN3O2/c11-9-3-7(15)1-2-8(9)10(16)14-6-4-12-13-5-6/h1-5,15H,(H,12,13)(H,14,16). The summed E-state index contributed by atoms with van der Waals surface area (Å²) < 4.78 is 13.3. The number of anilines is 1. The Morgan fingerprint density at radius 3 is 2.94 bits per heavy atom. The molecule has 3 N–H and O–H groups in total. The van der Waals surface area contributed by atoms with Crippen molar-refractivity contribution in [2.75, 3.05) is 5.32 Å². The molecule has 16 heavy (non-hydrogen) atoms. The van der Waals surface area contributed by atoms with Crippen LogP contribution in [0.5, 0.6) is 5.75 Å². The van der Waals surface area contributed by atoms with Crippen LogP contribution in [-0.4, -0.2) is 21.2 Å². The van der Waals surface area contributed by atoms with E-state index in [9.17, 15) is 9.18 Å². The van der Waals surface area contributed by atoms with Crippen LogP contribution in [0.25, 0.3) is 0 Å². The van der Waals surface area contributed by atoms with Crippen LogP contribution in [0.15, 0.2) is 30.6 Å². The number of hydrogen-bond acceptors (Lipinski definition) is 3. The molecule has 2 aromatic rings. The number of phenols is 1. The van der Waals surface area contributed by atoms with Gasteiger partial charge in [-0.3, -0.25) is 9.89 Å². The van der Waals surface area contributed by atoms with Crippen LogP contribution in [0.1, 0.15) is 10.4 Å². The van der Waals surface area contributed by atoms with Crippen LogP contribution >= 0.6 is 0 Å². The maximum Gasteiger partial charge on any atom is 0.258 e. The molecule has 0 atom stereocenters. The van der Waals surface area contributed by atoms with Crippen LogP contribution in [0.3, 0.4) is 0 Å². The number of H-pyrrole nitrogens is 1. The molecule has 5 nitrogen and oxygen atoms in total. The van der Waals surface area contributed by atoms with Crippen LogP contribution in [0.2, 0.25) is 0 Å². The topological polar surface area (TPSA) is 78.0 Å². The Bertz CT molecular complexity index is 511. The first-order chi connectivity index (χ1) is 7.66. The number of nitrogens with zero attached hydrogens (tertiary/aromatic N) is 1. The number of aromatic hydroxyl groups is 1. The summed E-state index contributed by atoms with van der Waals surface area (Å²) in [6.07, 6.45) is 2.87. The summed E-state index contributed by atoms with van der Waals surface area (Å²) in [7, 11) is 0. The van der Waals surface area contributed by atoms with Gasteiger partial charge in [0, 0.05) is 12.3 Å². The van der Waals surface area contributed by atoms with Gasteiger partial charge in [0.05, 0.1) is 17.4 Å². The number of aromatic nitrogens is 2. The van der Waals surface area contributed by atoms with E-state index in [0.717, 1.165) is 6.07 Å². The molecule has 0 radical (unpaired) electrons. The lowest BCUT2D eigenvalue weighted by Gasteiger charge is -2.03. The summed E-state index contributed by atoms with van der Waals surface area (Å²) in [5.41, 5.74) is 0.302. The number of phenolic OH excluding ortho intramolecular Hbond substituents is 1. The second-order valence-electron chi connectivity index (χ2n) is 3.11. The van der Waals surface area contributed by atoms with Gasteiger partial charge in [-0.1, -0.05) is 0 Å². The van der Waals surface area contributed by atoms with Crippen LogP contribution < -0.4 is 5.32 Å². The molecule has 82 valence electrons. The minimum Gasteiger partial charge on any atom is -0.508 e. The fourth-order valence-electron chi connectivity index (χ4n) is 1.21. The monoisotopic (exact) mass is 221 g/mol. The van der Waals surface area contributed by atoms with E-state index in [0.29, 0.717) is 5.69 Å². The van der Waals surface area contributed by atoms with Crippen molar-refractivity contribution in [2.45, 2.75) is 0 Å². The quantitative estimate of drug-likeness (QED) is 0.719. The predicted molar refractivity (Wildman–Crippen MR) is 54.6 cm³/mol. The fraction of sp³-hybridized carbons (Fsp3) is 0. The molecular formula is C10H8FN3O2. The molecule has 0 aliphatic rings. The molecular weight excluding hydrogens is 213 g/mol. The van der Waals surface area contributed by atoms with Crippen molar-refractivity contribution in [3.8, 4) is 5.75 Å². The third kappa shape index (κ3) is 2.00. The highest BCUT2D eigenvalue weighted by atomic mass is 19.1. The Hall–Kier alpha value is -2.37. The normalized spacial score (nSPS) is 10.1. The first-order valence-electron chi connectivity index (χ1n) is 4.45. The van der Waals surface area contributed by atoms with E-state index in [2.05, 4.69) is 15.5 Å². The van der Waals surface area contributed by atoms with E-state index < -0.39 is 11.7 Å². The molecule has 1 amide bonds. The van der Waals surface area contributed by atoms with Crippen molar-refractivity contribution >= 4 is 11.6 Å². The van der Waals surface area contributed by atoms with Crippen LogP contribution in [-0.2, 0) is 0 Å². The van der Waals surface area contributed by atoms with Crippen molar-refractivity contribution in [3.63, 3.8) is 0 Å². The summed E-state index contributed by atoms with van der Waals surface area (Å²) in [5, 5.41) is 17.6. The molecule has 1 aromatic heterocycles. The van der Waals surface area contributed by atoms with Gasteiger partial charge in [0.2, 0.25) is 0 Å². The van der Waals surface area contributed by atoms with E-state index in [1.54, 1.807) is 0 Å². The summed E-state index contributed by atoms with van der Waals surface area (Å²) in [5.74, 6) is -1.60. The molecule has 6 heteroatoms. The van der Waals surface area contributed by atoms with E-state index in [-0.39, 0.29) is 11.3 Å². The maximum atomic E-state index is 13.3. The summed E-state index contributed by atoms with van der Waals surface area (Å²) in [6, 6.07) is 3.33. The highest BCUT2D eigenvalue weighted by Crippen LogP contribution is 2.16. The average molecular weight is 221 g/mol. The molecule has 0 bridgehead atoms. The van der Waals surface area contributed by atoms with Crippen LogP contribution in [0, 0.1) is 5.82 Å². The van der Waals surface area contributed by atoms with E-state index in [1.165, 1.54) is 24.5 Å². The average Bonchev–Trinajstić information content (AvgIpc) is 2.70. The van der Waals surface area contributed by atoms with Crippen molar-refractivity contribution in [2.24, 2.45) is 0 Å². The minimum atomic E-state index is -0.777. The van der Waals surface area contributed by atoms with Gasteiger partial charge in [-0.2, -0.15) is 5.10 Å². The van der Waals surface area contributed by atoms with E-state index in [4.69, 9.17) is 5.11 Å². The first-order valence-corrected chi connectivity index (χ1v) is 4.45. The van der Waals surface area contributed by atoms with Gasteiger partial charge in [-0.25, -0.2) is 4.39 Å². The lowest BCUT2D eigenvalue weighted by Crippen LogP contribution is -2.13. The highest BCUT2D eigenvalue weighted by molar-refractivity contribution is 6.04. The maximum absolute atomic E-state index is 13.3. The number of amides is 1. The second kappa shape index (κ2) is 4.01. The Labute approximate surface area is 89.9 Å². The van der Waals surface area contributed by atoms with Gasteiger partial charge in [0.15, 0.2) is 0 Å². The molecule has 1 aromatic carbocycles. The molecule has 0 fully saturated rings. The molecule has 0 unspecified atom stereocenters. The van der Waals surface area contributed by atoms with Gasteiger partial charge < -0.3 is 10.4 Å². The number of rotatable bonds is 2. The lowest BCUT2D eigenvalue weighted by atomic mass is 10.2. The summed E-state index contributed by atoms with van der Waals surface area (Å²) in [6.45, 7) is 0. The van der Waals surface area contributed by atoms with Crippen LogP contribution in [0.4, 0.5) is 10.1 Å². The Morgan fingerprint density at radius 1 is 1.50 bits per heavy atom. The number of aromatic amines is 1. The van der Waals surface area contributed by atoms with Gasteiger partial charge in [-0.15, -0.1) is 0 Å². The Kier molecular flexibility index (Phi) is 2.55. The number of halogens is 1. The van der Waals surface area contributed by atoms with Gasteiger partial charge in [-0.05, 0) is 12.1 Å². The first kappa shape index (κ1) is 10.2. The van der Waals surface area contributed by atoms with Crippen molar-refractivity contribution in [1.82, 2.24) is 10.2 Å². The molecule has 0 saturated carbocycles. The Balaban J connectivity index is 2.21.